The highest BCUT2D eigenvalue weighted by Gasteiger charge is 2.31. The highest BCUT2D eigenvalue weighted by molar-refractivity contribution is 5.91. The van der Waals surface area contributed by atoms with E-state index >= 15 is 0 Å². The maximum Gasteiger partial charge on any atom is 0.311 e. The Morgan fingerprint density at radius 2 is 1.81 bits per heavy atom. The number of rotatable bonds is 6. The number of carbonyl (C=O) groups is 2. The van der Waals surface area contributed by atoms with Gasteiger partial charge >= 0.3 is 5.97 Å². The molecule has 0 aromatic heterocycles. The average molecular weight is 359 g/mol. The molecule has 1 fully saturated rings. The van der Waals surface area contributed by atoms with Crippen LogP contribution in [0.5, 0.6) is 5.75 Å². The second-order valence-corrected chi connectivity index (χ2v) is 7.27. The Balaban J connectivity index is 1.82. The molecular weight excluding hydrogens is 330 g/mol. The van der Waals surface area contributed by atoms with Gasteiger partial charge in [0.2, 0.25) is 5.91 Å². The van der Waals surface area contributed by atoms with E-state index in [1.807, 2.05) is 45.0 Å². The summed E-state index contributed by atoms with van der Waals surface area (Å²) in [6.45, 7) is 7.00. The first-order valence-electron chi connectivity index (χ1n) is 9.18. The number of likely N-dealkylation sites (tertiary alicyclic amines) is 1. The minimum Gasteiger partial charge on any atom is -0.497 e. The van der Waals surface area contributed by atoms with E-state index in [9.17, 15) is 9.59 Å². The molecule has 142 valence electrons. The van der Waals surface area contributed by atoms with Crippen LogP contribution < -0.4 is 4.74 Å². The molecule has 1 aromatic rings. The van der Waals surface area contributed by atoms with Crippen molar-refractivity contribution in [2.24, 2.45) is 5.41 Å². The molecule has 1 aromatic carbocycles. The topological polar surface area (TPSA) is 55.8 Å². The SMILES string of the molecule is CCC(C)(C)C(=O)OC1CCN(C(=O)/C=C/c2ccc(OC)cc2)CC1. The zero-order valence-electron chi connectivity index (χ0n) is 16.2. The fraction of sp³-hybridized carbons (Fsp3) is 0.524. The summed E-state index contributed by atoms with van der Waals surface area (Å²) >= 11 is 0. The number of nitrogens with zero attached hydrogens (tertiary/aromatic N) is 1. The van der Waals surface area contributed by atoms with Crippen LogP contribution in [0, 0.1) is 5.41 Å². The molecule has 0 unspecified atom stereocenters. The molecule has 0 spiro atoms. The molecule has 0 bridgehead atoms. The molecule has 5 nitrogen and oxygen atoms in total. The van der Waals surface area contributed by atoms with Gasteiger partial charge in [0.25, 0.3) is 0 Å². The normalized spacial score (nSPS) is 15.9. The summed E-state index contributed by atoms with van der Waals surface area (Å²) in [7, 11) is 1.62. The minimum absolute atomic E-state index is 0.0144. The van der Waals surface area contributed by atoms with Crippen LogP contribution in [0.15, 0.2) is 30.3 Å². The monoisotopic (exact) mass is 359 g/mol. The number of esters is 1. The first kappa shape index (κ1) is 20.0. The van der Waals surface area contributed by atoms with Gasteiger partial charge in [0.05, 0.1) is 12.5 Å². The zero-order valence-corrected chi connectivity index (χ0v) is 16.2. The fourth-order valence-corrected chi connectivity index (χ4v) is 2.64. The van der Waals surface area contributed by atoms with Gasteiger partial charge in [0.15, 0.2) is 0 Å². The number of hydrogen-bond donors (Lipinski definition) is 0. The summed E-state index contributed by atoms with van der Waals surface area (Å²) in [5.41, 5.74) is 0.499. The van der Waals surface area contributed by atoms with Crippen molar-refractivity contribution in [1.82, 2.24) is 4.90 Å². The first-order valence-corrected chi connectivity index (χ1v) is 9.18. The predicted molar refractivity (Wildman–Crippen MR) is 102 cm³/mol. The molecule has 0 saturated carbocycles. The molecule has 2 rings (SSSR count). The number of carbonyl (C=O) groups excluding carboxylic acids is 2. The van der Waals surface area contributed by atoms with Crippen LogP contribution in [0.2, 0.25) is 0 Å². The van der Waals surface area contributed by atoms with E-state index in [0.29, 0.717) is 25.9 Å². The lowest BCUT2D eigenvalue weighted by atomic mass is 9.90. The Morgan fingerprint density at radius 1 is 1.19 bits per heavy atom. The van der Waals surface area contributed by atoms with Crippen LogP contribution in [0.3, 0.4) is 0 Å². The molecular formula is C21H29NO4. The third-order valence-corrected chi connectivity index (χ3v) is 5.00. The van der Waals surface area contributed by atoms with E-state index in [0.717, 1.165) is 17.7 Å². The maximum absolute atomic E-state index is 12.3. The van der Waals surface area contributed by atoms with Gasteiger partial charge in [-0.1, -0.05) is 19.1 Å². The zero-order chi connectivity index (χ0) is 19.2. The van der Waals surface area contributed by atoms with Gasteiger partial charge in [-0.05, 0) is 44.0 Å². The molecule has 0 radical (unpaired) electrons. The first-order chi connectivity index (χ1) is 12.4. The van der Waals surface area contributed by atoms with Crippen molar-refractivity contribution in [1.29, 1.82) is 0 Å². The number of amides is 1. The maximum atomic E-state index is 12.3. The Labute approximate surface area is 156 Å². The largest absolute Gasteiger partial charge is 0.497 e. The van der Waals surface area contributed by atoms with Crippen LogP contribution in [0.1, 0.15) is 45.6 Å². The van der Waals surface area contributed by atoms with Gasteiger partial charge in [-0.25, -0.2) is 0 Å². The van der Waals surface area contributed by atoms with Gasteiger partial charge in [0, 0.05) is 32.0 Å². The Bertz CT molecular complexity index is 640. The van der Waals surface area contributed by atoms with Crippen molar-refractivity contribution >= 4 is 18.0 Å². The van der Waals surface area contributed by atoms with Crippen molar-refractivity contribution in [3.63, 3.8) is 0 Å². The minimum atomic E-state index is -0.450. The van der Waals surface area contributed by atoms with E-state index < -0.39 is 5.41 Å². The molecule has 1 aliphatic heterocycles. The second-order valence-electron chi connectivity index (χ2n) is 7.27. The van der Waals surface area contributed by atoms with Crippen LogP contribution in [-0.2, 0) is 14.3 Å². The number of hydrogen-bond acceptors (Lipinski definition) is 4. The Morgan fingerprint density at radius 3 is 2.35 bits per heavy atom. The molecule has 0 atom stereocenters. The van der Waals surface area contributed by atoms with Crippen LogP contribution in [-0.4, -0.2) is 43.1 Å². The summed E-state index contributed by atoms with van der Waals surface area (Å²) in [6, 6.07) is 7.54. The molecule has 0 N–H and O–H groups in total. The van der Waals surface area contributed by atoms with Gasteiger partial charge in [-0.15, -0.1) is 0 Å². The van der Waals surface area contributed by atoms with Gasteiger partial charge in [0.1, 0.15) is 11.9 Å². The van der Waals surface area contributed by atoms with Crippen LogP contribution >= 0.6 is 0 Å². The highest BCUT2D eigenvalue weighted by atomic mass is 16.5. The smallest absolute Gasteiger partial charge is 0.311 e. The van der Waals surface area contributed by atoms with Crippen molar-refractivity contribution in [3.8, 4) is 5.75 Å². The molecule has 1 aliphatic rings. The van der Waals surface area contributed by atoms with E-state index in [2.05, 4.69) is 0 Å². The number of ether oxygens (including phenoxy) is 2. The molecule has 26 heavy (non-hydrogen) atoms. The highest BCUT2D eigenvalue weighted by Crippen LogP contribution is 2.24. The average Bonchev–Trinajstić information content (AvgIpc) is 2.67. The lowest BCUT2D eigenvalue weighted by Gasteiger charge is -2.33. The van der Waals surface area contributed by atoms with Crippen LogP contribution in [0.4, 0.5) is 0 Å². The summed E-state index contributed by atoms with van der Waals surface area (Å²) in [5, 5.41) is 0. The number of benzene rings is 1. The van der Waals surface area contributed by atoms with Gasteiger partial charge < -0.3 is 14.4 Å². The van der Waals surface area contributed by atoms with Crippen molar-refractivity contribution in [2.45, 2.75) is 46.1 Å². The molecule has 5 heteroatoms. The van der Waals surface area contributed by atoms with Crippen molar-refractivity contribution in [3.05, 3.63) is 35.9 Å². The molecule has 0 aliphatic carbocycles. The lowest BCUT2D eigenvalue weighted by molar-refractivity contribution is -0.162. The van der Waals surface area contributed by atoms with E-state index in [-0.39, 0.29) is 18.0 Å². The van der Waals surface area contributed by atoms with E-state index in [1.165, 1.54) is 0 Å². The standard InChI is InChI=1S/C21H29NO4/c1-5-21(2,3)20(24)26-18-12-14-22(15-13-18)19(23)11-8-16-6-9-17(25-4)10-7-16/h6-11,18H,5,12-15H2,1-4H3/b11-8+. The number of methoxy groups -OCH3 is 1. The fourth-order valence-electron chi connectivity index (χ4n) is 2.64. The molecule has 1 heterocycles. The third-order valence-electron chi connectivity index (χ3n) is 5.00. The summed E-state index contributed by atoms with van der Waals surface area (Å²) in [4.78, 5) is 26.3. The molecule has 1 saturated heterocycles. The second kappa shape index (κ2) is 8.88. The Hall–Kier alpha value is -2.30. The van der Waals surface area contributed by atoms with Gasteiger partial charge in [-0.3, -0.25) is 9.59 Å². The quantitative estimate of drug-likeness (QED) is 0.574. The lowest BCUT2D eigenvalue weighted by Crippen LogP contribution is -2.42. The van der Waals surface area contributed by atoms with Crippen molar-refractivity contribution < 1.29 is 19.1 Å². The summed E-state index contributed by atoms with van der Waals surface area (Å²) < 4.78 is 10.7. The van der Waals surface area contributed by atoms with Crippen LogP contribution in [0.25, 0.3) is 6.08 Å². The summed E-state index contributed by atoms with van der Waals surface area (Å²) in [6.07, 6.45) is 5.43. The van der Waals surface area contributed by atoms with Crippen molar-refractivity contribution in [2.75, 3.05) is 20.2 Å². The number of piperidine rings is 1. The summed E-state index contributed by atoms with van der Waals surface area (Å²) in [5.74, 6) is 0.625. The van der Waals surface area contributed by atoms with E-state index in [4.69, 9.17) is 9.47 Å². The van der Waals surface area contributed by atoms with E-state index in [1.54, 1.807) is 24.2 Å². The molecule has 1 amide bonds. The third kappa shape index (κ3) is 5.35. The predicted octanol–water partition coefficient (Wildman–Crippen LogP) is 3.68. The van der Waals surface area contributed by atoms with Gasteiger partial charge in [-0.2, -0.15) is 0 Å². The Kier molecular flexibility index (Phi) is 6.83.